The molecule has 0 radical (unpaired) electrons. The molecule has 0 aliphatic carbocycles. The molecule has 30 heavy (non-hydrogen) atoms. The number of nitrogens with one attached hydrogen (secondary N) is 2. The Morgan fingerprint density at radius 1 is 0.800 bits per heavy atom. The van der Waals surface area contributed by atoms with E-state index in [0.717, 1.165) is 20.3 Å². The first-order valence-corrected chi connectivity index (χ1v) is 11.9. The quantitative estimate of drug-likeness (QED) is 0.420. The summed E-state index contributed by atoms with van der Waals surface area (Å²) < 4.78 is 29.8. The van der Waals surface area contributed by atoms with E-state index in [-0.39, 0.29) is 16.4 Å². The molecule has 0 saturated heterocycles. The summed E-state index contributed by atoms with van der Waals surface area (Å²) in [5, 5.41) is 2.86. The Kier molecular flexibility index (Phi) is 6.52. The van der Waals surface area contributed by atoms with Gasteiger partial charge in [-0.25, -0.2) is 8.42 Å². The third-order valence-corrected chi connectivity index (χ3v) is 6.98. The number of amides is 1. The van der Waals surface area contributed by atoms with E-state index in [1.807, 2.05) is 51.1 Å². The minimum Gasteiger partial charge on any atom is -0.322 e. The van der Waals surface area contributed by atoms with Crippen LogP contribution < -0.4 is 10.0 Å². The molecule has 0 saturated carbocycles. The number of hydrogen-bond donors (Lipinski definition) is 2. The Labute approximate surface area is 191 Å². The van der Waals surface area contributed by atoms with Gasteiger partial charge in [0.2, 0.25) is 0 Å². The van der Waals surface area contributed by atoms with Crippen LogP contribution in [0.3, 0.4) is 0 Å². The molecule has 0 fully saturated rings. The Hall–Kier alpha value is -2.39. The molecule has 0 aromatic heterocycles. The fourth-order valence-electron chi connectivity index (χ4n) is 3.12. The number of anilines is 2. The molecule has 3 aromatic rings. The third-order valence-electron chi connectivity index (χ3n) is 4.80. The lowest BCUT2D eigenvalue weighted by Gasteiger charge is -2.14. The molecular formula is C23H23IN2O3S. The number of aryl methyl sites for hydroxylation is 4. The molecule has 2 N–H and O–H groups in total. The van der Waals surface area contributed by atoms with Crippen molar-refractivity contribution in [1.29, 1.82) is 0 Å². The number of benzene rings is 3. The summed E-state index contributed by atoms with van der Waals surface area (Å²) in [7, 11) is -3.85. The van der Waals surface area contributed by atoms with Gasteiger partial charge in [0.1, 0.15) is 0 Å². The largest absolute Gasteiger partial charge is 0.322 e. The molecule has 3 aromatic carbocycles. The summed E-state index contributed by atoms with van der Waals surface area (Å²) in [5.74, 6) is -0.359. The molecule has 0 aliphatic rings. The van der Waals surface area contributed by atoms with Crippen LogP contribution in [0, 0.1) is 31.3 Å². The van der Waals surface area contributed by atoms with E-state index in [1.54, 1.807) is 25.1 Å². The van der Waals surface area contributed by atoms with Gasteiger partial charge in [-0.3, -0.25) is 9.52 Å². The van der Waals surface area contributed by atoms with Crippen LogP contribution in [0.25, 0.3) is 0 Å². The summed E-state index contributed by atoms with van der Waals surface area (Å²) in [6.45, 7) is 7.43. The maximum atomic E-state index is 13.0. The topological polar surface area (TPSA) is 75.3 Å². The van der Waals surface area contributed by atoms with Gasteiger partial charge < -0.3 is 5.32 Å². The molecule has 1 amide bonds. The van der Waals surface area contributed by atoms with Crippen LogP contribution in [0.4, 0.5) is 11.4 Å². The van der Waals surface area contributed by atoms with Crippen molar-refractivity contribution in [3.63, 3.8) is 0 Å². The van der Waals surface area contributed by atoms with Crippen LogP contribution in [0.1, 0.15) is 32.6 Å². The van der Waals surface area contributed by atoms with E-state index in [2.05, 4.69) is 32.6 Å². The van der Waals surface area contributed by atoms with Crippen molar-refractivity contribution in [2.45, 2.75) is 32.6 Å². The molecule has 0 atom stereocenters. The first-order valence-electron chi connectivity index (χ1n) is 9.35. The number of carbonyl (C=O) groups is 1. The van der Waals surface area contributed by atoms with E-state index in [1.165, 1.54) is 6.07 Å². The Bertz CT molecular complexity index is 1240. The predicted molar refractivity (Wildman–Crippen MR) is 130 cm³/mol. The second-order valence-corrected chi connectivity index (χ2v) is 10.2. The highest BCUT2D eigenvalue weighted by Gasteiger charge is 2.20. The Morgan fingerprint density at radius 3 is 2.13 bits per heavy atom. The monoisotopic (exact) mass is 534 g/mol. The predicted octanol–water partition coefficient (Wildman–Crippen LogP) is 5.58. The van der Waals surface area contributed by atoms with Gasteiger partial charge >= 0.3 is 0 Å². The van der Waals surface area contributed by atoms with Crippen molar-refractivity contribution in [3.8, 4) is 0 Å². The standard InChI is InChI=1S/C23H23IN2O3S/c1-14-5-9-21(16(3)11-14)26-30(28,29)22-13-18(7-6-15(22)2)23(27)25-20-10-8-19(24)12-17(20)4/h5-13,26H,1-4H3,(H,25,27). The van der Waals surface area contributed by atoms with Crippen molar-refractivity contribution in [3.05, 3.63) is 86.0 Å². The lowest BCUT2D eigenvalue weighted by Crippen LogP contribution is -2.18. The molecular weight excluding hydrogens is 511 g/mol. The fourth-order valence-corrected chi connectivity index (χ4v) is 5.17. The van der Waals surface area contributed by atoms with Gasteiger partial charge in [-0.05, 0) is 103 Å². The van der Waals surface area contributed by atoms with Crippen molar-refractivity contribution in [1.82, 2.24) is 0 Å². The number of carbonyl (C=O) groups excluding carboxylic acids is 1. The van der Waals surface area contributed by atoms with Crippen molar-refractivity contribution < 1.29 is 13.2 Å². The average Bonchev–Trinajstić information content (AvgIpc) is 2.66. The van der Waals surface area contributed by atoms with Crippen molar-refractivity contribution >= 4 is 49.9 Å². The van der Waals surface area contributed by atoms with Crippen LogP contribution in [0.5, 0.6) is 0 Å². The molecule has 3 rings (SSSR count). The number of sulfonamides is 1. The lowest BCUT2D eigenvalue weighted by molar-refractivity contribution is 0.102. The lowest BCUT2D eigenvalue weighted by atomic mass is 10.1. The summed E-state index contributed by atoms with van der Waals surface area (Å²) >= 11 is 2.21. The molecule has 7 heteroatoms. The summed E-state index contributed by atoms with van der Waals surface area (Å²) in [6, 6.07) is 15.9. The van der Waals surface area contributed by atoms with E-state index >= 15 is 0 Å². The smallest absolute Gasteiger partial charge is 0.262 e. The molecule has 5 nitrogen and oxygen atoms in total. The van der Waals surface area contributed by atoms with E-state index < -0.39 is 10.0 Å². The molecule has 156 valence electrons. The highest BCUT2D eigenvalue weighted by molar-refractivity contribution is 14.1. The van der Waals surface area contributed by atoms with Gasteiger partial charge in [0.25, 0.3) is 15.9 Å². The summed E-state index contributed by atoms with van der Waals surface area (Å²) in [6.07, 6.45) is 0. The van der Waals surface area contributed by atoms with Crippen LogP contribution in [0.2, 0.25) is 0 Å². The maximum Gasteiger partial charge on any atom is 0.262 e. The summed E-state index contributed by atoms with van der Waals surface area (Å²) in [5.41, 5.74) is 4.87. The van der Waals surface area contributed by atoms with Gasteiger partial charge in [0, 0.05) is 14.8 Å². The minimum absolute atomic E-state index is 0.0782. The second kappa shape index (κ2) is 8.77. The number of halogens is 1. The summed E-state index contributed by atoms with van der Waals surface area (Å²) in [4.78, 5) is 12.8. The maximum absolute atomic E-state index is 13.0. The van der Waals surface area contributed by atoms with Crippen LogP contribution in [-0.2, 0) is 10.0 Å². The van der Waals surface area contributed by atoms with Crippen LogP contribution in [0.15, 0.2) is 59.5 Å². The van der Waals surface area contributed by atoms with Crippen molar-refractivity contribution in [2.75, 3.05) is 10.0 Å². The molecule has 0 bridgehead atoms. The highest BCUT2D eigenvalue weighted by atomic mass is 127. The van der Waals surface area contributed by atoms with Crippen LogP contribution >= 0.6 is 22.6 Å². The molecule has 0 spiro atoms. The van der Waals surface area contributed by atoms with E-state index in [4.69, 9.17) is 0 Å². The Morgan fingerprint density at radius 2 is 1.47 bits per heavy atom. The second-order valence-electron chi connectivity index (χ2n) is 7.32. The third kappa shape index (κ3) is 5.02. The van der Waals surface area contributed by atoms with Gasteiger partial charge in [0.15, 0.2) is 0 Å². The molecule has 0 aliphatic heterocycles. The zero-order chi connectivity index (χ0) is 22.1. The van der Waals surface area contributed by atoms with Gasteiger partial charge in [-0.1, -0.05) is 23.8 Å². The van der Waals surface area contributed by atoms with E-state index in [9.17, 15) is 13.2 Å². The Balaban J connectivity index is 1.91. The minimum atomic E-state index is -3.85. The molecule has 0 unspecified atom stereocenters. The van der Waals surface area contributed by atoms with Gasteiger partial charge in [-0.15, -0.1) is 0 Å². The van der Waals surface area contributed by atoms with Gasteiger partial charge in [-0.2, -0.15) is 0 Å². The van der Waals surface area contributed by atoms with Crippen molar-refractivity contribution in [2.24, 2.45) is 0 Å². The van der Waals surface area contributed by atoms with E-state index in [0.29, 0.717) is 16.9 Å². The fraction of sp³-hybridized carbons (Fsp3) is 0.174. The first-order chi connectivity index (χ1) is 14.1. The average molecular weight is 534 g/mol. The number of hydrogen-bond acceptors (Lipinski definition) is 3. The SMILES string of the molecule is Cc1ccc(NS(=O)(=O)c2cc(C(=O)Nc3ccc(I)cc3C)ccc2C)c(C)c1. The normalized spacial score (nSPS) is 11.2. The zero-order valence-electron chi connectivity index (χ0n) is 17.2. The highest BCUT2D eigenvalue weighted by Crippen LogP contribution is 2.24. The molecule has 0 heterocycles. The van der Waals surface area contributed by atoms with Crippen LogP contribution in [-0.4, -0.2) is 14.3 Å². The van der Waals surface area contributed by atoms with Gasteiger partial charge in [0.05, 0.1) is 10.6 Å². The number of rotatable bonds is 5. The zero-order valence-corrected chi connectivity index (χ0v) is 20.2. The first kappa shape index (κ1) is 22.3.